The predicted octanol–water partition coefficient (Wildman–Crippen LogP) is 9.10. The third kappa shape index (κ3) is 11.7. The van der Waals surface area contributed by atoms with E-state index in [2.05, 4.69) is 33.1 Å². The Bertz CT molecular complexity index is 2110. The molecule has 1 saturated heterocycles. The molecule has 1 amide bonds. The van der Waals surface area contributed by atoms with Gasteiger partial charge in [-0.2, -0.15) is 18.4 Å². The number of benzene rings is 3. The normalized spacial score (nSPS) is 13.2. The highest BCUT2D eigenvalue weighted by molar-refractivity contribution is 6.32. The molecule has 1 aliphatic rings. The van der Waals surface area contributed by atoms with Gasteiger partial charge in [-0.25, -0.2) is 9.97 Å². The van der Waals surface area contributed by atoms with Gasteiger partial charge in [0.25, 0.3) is 0 Å². The van der Waals surface area contributed by atoms with Gasteiger partial charge in [-0.15, -0.1) is 12.4 Å². The van der Waals surface area contributed by atoms with E-state index in [1.807, 2.05) is 42.2 Å². The van der Waals surface area contributed by atoms with Crippen LogP contribution in [0.3, 0.4) is 0 Å². The molecular formula is C42H38Cl2F3N5O4. The van der Waals surface area contributed by atoms with Crippen LogP contribution in [0, 0.1) is 18.3 Å². The summed E-state index contributed by atoms with van der Waals surface area (Å²) in [5.74, 6) is 1.47. The third-order valence-electron chi connectivity index (χ3n) is 8.89. The van der Waals surface area contributed by atoms with Crippen LogP contribution in [-0.2, 0) is 30.5 Å². The van der Waals surface area contributed by atoms with Gasteiger partial charge < -0.3 is 19.1 Å². The summed E-state index contributed by atoms with van der Waals surface area (Å²) < 4.78 is 55.5. The number of piperazine rings is 1. The number of carbonyl (C=O) groups excluding carboxylic acids is 1. The van der Waals surface area contributed by atoms with Crippen molar-refractivity contribution in [3.8, 4) is 29.3 Å². The first-order valence-electron chi connectivity index (χ1n) is 17.5. The largest absolute Gasteiger partial charge is 0.487 e. The Morgan fingerprint density at radius 1 is 0.875 bits per heavy atom. The lowest BCUT2D eigenvalue weighted by Crippen LogP contribution is -2.47. The summed E-state index contributed by atoms with van der Waals surface area (Å²) in [4.78, 5) is 25.2. The lowest BCUT2D eigenvalue weighted by Gasteiger charge is -2.34. The van der Waals surface area contributed by atoms with E-state index >= 15 is 0 Å². The molecule has 0 saturated carbocycles. The molecule has 5 aromatic rings. The lowest BCUT2D eigenvalue weighted by molar-refractivity contribution is -0.137. The van der Waals surface area contributed by atoms with E-state index in [-0.39, 0.29) is 24.2 Å². The van der Waals surface area contributed by atoms with Crippen LogP contribution in [0.5, 0.6) is 23.3 Å². The Morgan fingerprint density at radius 3 is 2.18 bits per heavy atom. The molecule has 0 N–H and O–H groups in total. The topological polar surface area (TPSA) is 101 Å². The smallest absolute Gasteiger partial charge is 0.417 e. The van der Waals surface area contributed by atoms with Crippen molar-refractivity contribution in [3.05, 3.63) is 147 Å². The molecule has 6 rings (SSSR count). The van der Waals surface area contributed by atoms with Crippen molar-refractivity contribution >= 4 is 36.0 Å². The number of nitriles is 1. The molecule has 0 spiro atoms. The van der Waals surface area contributed by atoms with Gasteiger partial charge in [0.15, 0.2) is 5.75 Å². The van der Waals surface area contributed by atoms with Gasteiger partial charge in [0.1, 0.15) is 12.4 Å². The molecule has 0 radical (unpaired) electrons. The molecule has 14 heteroatoms. The quantitative estimate of drug-likeness (QED) is 0.109. The van der Waals surface area contributed by atoms with Gasteiger partial charge in [0, 0.05) is 63.6 Å². The zero-order chi connectivity index (χ0) is 38.8. The van der Waals surface area contributed by atoms with Crippen molar-refractivity contribution in [1.29, 1.82) is 5.26 Å². The van der Waals surface area contributed by atoms with Crippen LogP contribution < -0.4 is 14.2 Å². The van der Waals surface area contributed by atoms with Crippen molar-refractivity contribution in [1.82, 2.24) is 19.8 Å². The number of pyridine rings is 2. The zero-order valence-corrected chi connectivity index (χ0v) is 31.9. The van der Waals surface area contributed by atoms with E-state index in [4.69, 9.17) is 31.1 Å². The highest BCUT2D eigenvalue weighted by Gasteiger charge is 2.30. The Balaban J connectivity index is 0.00000600. The predicted molar refractivity (Wildman–Crippen MR) is 209 cm³/mol. The Kier molecular flexibility index (Phi) is 14.3. The monoisotopic (exact) mass is 803 g/mol. The summed E-state index contributed by atoms with van der Waals surface area (Å²) in [7, 11) is 0. The number of nitrogens with zero attached hydrogens (tertiary/aromatic N) is 5. The van der Waals surface area contributed by atoms with Crippen molar-refractivity contribution in [2.24, 2.45) is 0 Å². The number of ether oxygens (including phenoxy) is 3. The molecule has 2 aromatic heterocycles. The maximum absolute atomic E-state index is 13.0. The molecule has 0 atom stereocenters. The van der Waals surface area contributed by atoms with Gasteiger partial charge in [0.05, 0.1) is 35.0 Å². The minimum Gasteiger partial charge on any atom is -0.487 e. The lowest BCUT2D eigenvalue weighted by atomic mass is 10.1. The summed E-state index contributed by atoms with van der Waals surface area (Å²) in [6.45, 7) is 5.95. The maximum Gasteiger partial charge on any atom is 0.417 e. The van der Waals surface area contributed by atoms with Crippen molar-refractivity contribution in [3.63, 3.8) is 0 Å². The van der Waals surface area contributed by atoms with Crippen LogP contribution in [0.2, 0.25) is 5.02 Å². The number of hydrogen-bond donors (Lipinski definition) is 0. The van der Waals surface area contributed by atoms with E-state index in [0.29, 0.717) is 60.7 Å². The maximum atomic E-state index is 13.0. The number of aryl methyl sites for hydroxylation is 1. The number of aromatic nitrogens is 2. The van der Waals surface area contributed by atoms with Crippen LogP contribution in [0.4, 0.5) is 13.2 Å². The highest BCUT2D eigenvalue weighted by atomic mass is 35.5. The number of halogens is 5. The molecule has 0 bridgehead atoms. The Hall–Kier alpha value is -5.61. The minimum atomic E-state index is -4.43. The molecule has 3 heterocycles. The van der Waals surface area contributed by atoms with E-state index in [9.17, 15) is 18.0 Å². The fourth-order valence-corrected chi connectivity index (χ4v) is 6.13. The van der Waals surface area contributed by atoms with Gasteiger partial charge in [-0.1, -0.05) is 48.0 Å². The second-order valence-electron chi connectivity index (χ2n) is 12.9. The molecule has 1 aliphatic heterocycles. The van der Waals surface area contributed by atoms with Crippen LogP contribution in [0.1, 0.15) is 38.9 Å². The number of rotatable bonds is 13. The van der Waals surface area contributed by atoms with Crippen LogP contribution in [0.15, 0.2) is 103 Å². The van der Waals surface area contributed by atoms with Gasteiger partial charge >= 0.3 is 6.18 Å². The summed E-state index contributed by atoms with van der Waals surface area (Å²) in [5, 5.41) is 9.34. The molecular weight excluding hydrogens is 766 g/mol. The summed E-state index contributed by atoms with van der Waals surface area (Å²) in [6, 6.07) is 26.7. The molecule has 290 valence electrons. The third-order valence-corrected chi connectivity index (χ3v) is 9.17. The van der Waals surface area contributed by atoms with E-state index < -0.39 is 11.7 Å². The van der Waals surface area contributed by atoms with Crippen molar-refractivity contribution < 1.29 is 32.2 Å². The SMILES string of the molecule is Cc1cc(C=CC(=O)N2CCN(Cc3ccc(CCOc4ccc(C(F)(F)F)cn4)cc3)CC2)cc(Cl)c1Oc1ccc(OCc2ccc(C#N)cc2)cn1.Cl. The minimum absolute atomic E-state index is 0. The first kappa shape index (κ1) is 41.6. The van der Waals surface area contributed by atoms with Gasteiger partial charge in [-0.3, -0.25) is 9.69 Å². The van der Waals surface area contributed by atoms with Crippen LogP contribution >= 0.6 is 24.0 Å². The van der Waals surface area contributed by atoms with Gasteiger partial charge in [-0.05, 0) is 77.2 Å². The number of amides is 1. The summed E-state index contributed by atoms with van der Waals surface area (Å²) in [6.07, 6.45) is 1.82. The fourth-order valence-electron chi connectivity index (χ4n) is 5.82. The Labute approximate surface area is 334 Å². The van der Waals surface area contributed by atoms with Crippen LogP contribution in [-0.4, -0.2) is 58.5 Å². The molecule has 56 heavy (non-hydrogen) atoms. The van der Waals surface area contributed by atoms with Crippen LogP contribution in [0.25, 0.3) is 6.08 Å². The molecule has 0 unspecified atom stereocenters. The number of hydrogen-bond acceptors (Lipinski definition) is 8. The number of carbonyl (C=O) groups is 1. The Morgan fingerprint density at radius 2 is 1.55 bits per heavy atom. The fraction of sp³-hybridized carbons (Fsp3) is 0.238. The molecule has 9 nitrogen and oxygen atoms in total. The second kappa shape index (κ2) is 19.3. The number of alkyl halides is 3. The highest BCUT2D eigenvalue weighted by Crippen LogP contribution is 2.34. The van der Waals surface area contributed by atoms with Crippen molar-refractivity contribution in [2.75, 3.05) is 32.8 Å². The summed E-state index contributed by atoms with van der Waals surface area (Å²) in [5.41, 5.74) is 4.46. The molecule has 3 aromatic carbocycles. The second-order valence-corrected chi connectivity index (χ2v) is 13.3. The summed E-state index contributed by atoms with van der Waals surface area (Å²) >= 11 is 6.60. The first-order valence-corrected chi connectivity index (χ1v) is 17.9. The van der Waals surface area contributed by atoms with E-state index in [1.54, 1.807) is 48.7 Å². The molecule has 1 fully saturated rings. The van der Waals surface area contributed by atoms with E-state index in [0.717, 1.165) is 59.7 Å². The average molecular weight is 805 g/mol. The molecule has 0 aliphatic carbocycles. The zero-order valence-electron chi connectivity index (χ0n) is 30.3. The van der Waals surface area contributed by atoms with E-state index in [1.165, 1.54) is 6.07 Å². The first-order chi connectivity index (χ1) is 26.5. The standard InChI is InChI=1S/C42H37ClF3N5O4.ClH/c1-29-22-34(23-37(43)41(29)55-39-14-12-36(26-49-39)54-28-33-8-4-31(24-47)5-9-33)10-15-40(52)51-19-17-50(18-20-51)27-32-6-2-30(3-7-32)16-21-53-38-13-11-35(25-48-38)42(44,45)46;/h2-15,22-23,25-26H,16-21,27-28H2,1H3;1H. The van der Waals surface area contributed by atoms with Crippen molar-refractivity contribution in [2.45, 2.75) is 32.7 Å². The average Bonchev–Trinajstić information content (AvgIpc) is 3.19. The van der Waals surface area contributed by atoms with Gasteiger partial charge in [0.2, 0.25) is 17.7 Å².